The molecule has 4 heteroatoms. The first-order chi connectivity index (χ1) is 18.1. The quantitative estimate of drug-likeness (QED) is 0.272. The van der Waals surface area contributed by atoms with Crippen molar-refractivity contribution in [2.24, 2.45) is 11.8 Å². The Bertz CT molecular complexity index is 805. The van der Waals surface area contributed by atoms with Gasteiger partial charge in [-0.3, -0.25) is 0 Å². The molecule has 3 unspecified atom stereocenters. The first kappa shape index (κ1) is 35.0. The van der Waals surface area contributed by atoms with Crippen molar-refractivity contribution in [1.82, 2.24) is 0 Å². The maximum absolute atomic E-state index is 3.50. The Morgan fingerprint density at radius 2 is 1.05 bits per heavy atom. The van der Waals surface area contributed by atoms with E-state index in [9.17, 15) is 0 Å². The normalized spacial score (nSPS) is 18.9. The van der Waals surface area contributed by atoms with Gasteiger partial charge < -0.3 is 16.0 Å². The van der Waals surface area contributed by atoms with E-state index in [1.54, 1.807) is 42.3 Å². The van der Waals surface area contributed by atoms with E-state index in [0.717, 1.165) is 28.9 Å². The van der Waals surface area contributed by atoms with Crippen LogP contribution in [-0.2, 0) is 33.3 Å². The molecule has 1 saturated carbocycles. The molecule has 4 rings (SSSR count). The van der Waals surface area contributed by atoms with Crippen molar-refractivity contribution in [1.29, 1.82) is 0 Å². The van der Waals surface area contributed by atoms with Gasteiger partial charge in [0.15, 0.2) is 0 Å². The van der Waals surface area contributed by atoms with E-state index in [2.05, 4.69) is 134 Å². The van der Waals surface area contributed by atoms with E-state index in [4.69, 9.17) is 0 Å². The van der Waals surface area contributed by atoms with Gasteiger partial charge in [-0.2, -0.15) is 42.3 Å². The molecule has 0 aromatic heterocycles. The van der Waals surface area contributed by atoms with Gasteiger partial charge in [0.2, 0.25) is 0 Å². The predicted octanol–water partition coefficient (Wildman–Crippen LogP) is 8.92. The average Bonchev–Trinajstić information content (AvgIpc) is 3.30. The summed E-state index contributed by atoms with van der Waals surface area (Å²) in [6.07, 6.45) is 22.6. The Hall–Kier alpha value is -2.01. The summed E-state index contributed by atoms with van der Waals surface area (Å²) in [6, 6.07) is 21.0. The van der Waals surface area contributed by atoms with E-state index >= 15 is 0 Å². The third-order valence-corrected chi connectivity index (χ3v) is 6.40. The van der Waals surface area contributed by atoms with Crippen LogP contribution in [0.4, 0.5) is 0 Å². The van der Waals surface area contributed by atoms with Crippen LogP contribution in [0.3, 0.4) is 0 Å². The first-order valence-corrected chi connectivity index (χ1v) is 13.9. The van der Waals surface area contributed by atoms with Crippen LogP contribution in [0, 0.1) is 11.8 Å². The molecule has 0 amide bonds. The second-order valence-electron chi connectivity index (χ2n) is 8.77. The molecular formula is C33H47N3Ti. The van der Waals surface area contributed by atoms with Gasteiger partial charge in [-0.1, -0.05) is 85.0 Å². The van der Waals surface area contributed by atoms with Crippen LogP contribution >= 0.6 is 0 Å². The molecule has 198 valence electrons. The number of hydrogen-bond donors (Lipinski definition) is 0. The first-order valence-electron chi connectivity index (χ1n) is 13.0. The SMILES string of the molecule is C(C=CCc1ccccc1)=CCc1ccccc1.C[N-]C.C[N-]C.C[N-]C.[Ti+3][CH]1CCC2C=CC=CC12. The second kappa shape index (κ2) is 25.6. The van der Waals surface area contributed by atoms with Crippen LogP contribution in [0.25, 0.3) is 16.0 Å². The molecule has 37 heavy (non-hydrogen) atoms. The summed E-state index contributed by atoms with van der Waals surface area (Å²) in [5, 5.41) is 10.5. The number of nitrogens with zero attached hydrogens (tertiary/aromatic N) is 3. The zero-order valence-electron chi connectivity index (χ0n) is 23.8. The molecule has 0 saturated heterocycles. The molecule has 0 bridgehead atoms. The van der Waals surface area contributed by atoms with Crippen molar-refractivity contribution in [2.45, 2.75) is 29.9 Å². The van der Waals surface area contributed by atoms with Crippen LogP contribution in [0.5, 0.6) is 0 Å². The number of rotatable bonds is 5. The van der Waals surface area contributed by atoms with Crippen LogP contribution < -0.4 is 0 Å². The van der Waals surface area contributed by atoms with Gasteiger partial charge in [-0.05, 0) is 24.0 Å². The summed E-state index contributed by atoms with van der Waals surface area (Å²) in [5.41, 5.74) is 2.70. The Morgan fingerprint density at radius 3 is 1.46 bits per heavy atom. The molecule has 0 spiro atoms. The Balaban J connectivity index is 0.000000570. The van der Waals surface area contributed by atoms with Crippen LogP contribution in [-0.4, -0.2) is 42.3 Å². The molecule has 3 atom stereocenters. The van der Waals surface area contributed by atoms with E-state index in [-0.39, 0.29) is 0 Å². The summed E-state index contributed by atoms with van der Waals surface area (Å²) < 4.78 is 0.922. The van der Waals surface area contributed by atoms with Gasteiger partial charge in [0, 0.05) is 0 Å². The van der Waals surface area contributed by atoms with Gasteiger partial charge in [-0.15, -0.1) is 0 Å². The van der Waals surface area contributed by atoms with Crippen LogP contribution in [0.1, 0.15) is 24.0 Å². The minimum absolute atomic E-state index is 0.866. The van der Waals surface area contributed by atoms with E-state index in [0.29, 0.717) is 0 Å². The van der Waals surface area contributed by atoms with Crippen molar-refractivity contribution in [3.8, 4) is 0 Å². The fourth-order valence-electron chi connectivity index (χ4n) is 3.75. The summed E-state index contributed by atoms with van der Waals surface area (Å²) in [6.45, 7) is 0. The fraction of sp³-hybridized carbons (Fsp3) is 0.394. The van der Waals surface area contributed by atoms with E-state index < -0.39 is 0 Å². The average molecular weight is 534 g/mol. The molecular weight excluding hydrogens is 486 g/mol. The number of benzene rings is 2. The second-order valence-corrected chi connectivity index (χ2v) is 9.93. The van der Waals surface area contributed by atoms with Gasteiger partial charge in [0.1, 0.15) is 0 Å². The van der Waals surface area contributed by atoms with Crippen LogP contribution in [0.15, 0.2) is 109 Å². The molecule has 1 fully saturated rings. The van der Waals surface area contributed by atoms with Crippen molar-refractivity contribution < 1.29 is 20.4 Å². The molecule has 2 aliphatic carbocycles. The van der Waals surface area contributed by atoms with Gasteiger partial charge in [0.25, 0.3) is 0 Å². The summed E-state index contributed by atoms with van der Waals surface area (Å²) in [7, 11) is 10.5. The summed E-state index contributed by atoms with van der Waals surface area (Å²) >= 11 is 2.37. The maximum atomic E-state index is 3.50. The van der Waals surface area contributed by atoms with E-state index in [1.165, 1.54) is 24.0 Å². The summed E-state index contributed by atoms with van der Waals surface area (Å²) in [4.78, 5) is 0. The molecule has 0 N–H and O–H groups in total. The Kier molecular flexibility index (Phi) is 24.2. The van der Waals surface area contributed by atoms with Crippen molar-refractivity contribution >= 4 is 0 Å². The zero-order chi connectivity index (χ0) is 27.6. The molecule has 2 aromatic rings. The van der Waals surface area contributed by atoms with Crippen molar-refractivity contribution in [2.75, 3.05) is 42.3 Å². The third kappa shape index (κ3) is 18.8. The molecule has 0 heterocycles. The molecule has 0 aliphatic heterocycles. The number of fused-ring (bicyclic) bond motifs is 1. The summed E-state index contributed by atoms with van der Waals surface area (Å²) in [5.74, 6) is 1.74. The topological polar surface area (TPSA) is 42.3 Å². The Morgan fingerprint density at radius 1 is 0.649 bits per heavy atom. The number of allylic oxidation sites excluding steroid dienone is 8. The standard InChI is InChI=1S/C18H18.C9H11.3C2H6N.Ti/c1(5-11-17-13-7-3-8-14-17)2-6-12-18-15-9-4-10-16-18;1-2-5-9-7-3-6-8(9)4-1;3*1-3-2;/h1-10,13-16H,11-12H2;1-2,4-6,8-9H,3,7H2;3*1-2H3;/q;;3*-1;+3. The van der Waals surface area contributed by atoms with Crippen molar-refractivity contribution in [3.63, 3.8) is 0 Å². The molecule has 2 aliphatic rings. The van der Waals surface area contributed by atoms with Crippen molar-refractivity contribution in [3.05, 3.63) is 136 Å². The Labute approximate surface area is 240 Å². The molecule has 2 aromatic carbocycles. The third-order valence-electron chi connectivity index (χ3n) is 5.35. The minimum atomic E-state index is 0.866. The van der Waals surface area contributed by atoms with Crippen LogP contribution in [0.2, 0.25) is 4.22 Å². The van der Waals surface area contributed by atoms with Gasteiger partial charge in [-0.25, -0.2) is 0 Å². The fourth-order valence-corrected chi connectivity index (χ4v) is 4.57. The monoisotopic (exact) mass is 533 g/mol. The number of hydrogen-bond acceptors (Lipinski definition) is 0. The van der Waals surface area contributed by atoms with Gasteiger partial charge >= 0.3 is 73.6 Å². The van der Waals surface area contributed by atoms with E-state index in [1.807, 2.05) is 12.1 Å². The zero-order valence-corrected chi connectivity index (χ0v) is 25.4. The predicted molar refractivity (Wildman–Crippen MR) is 162 cm³/mol. The van der Waals surface area contributed by atoms with Gasteiger partial charge in [0.05, 0.1) is 0 Å². The molecule has 0 radical (unpaired) electrons. The molecule has 3 nitrogen and oxygen atoms in total.